The van der Waals surface area contributed by atoms with Gasteiger partial charge in [0.15, 0.2) is 0 Å². The normalized spacial score (nSPS) is 15.8. The molecule has 0 radical (unpaired) electrons. The second kappa shape index (κ2) is 9.74. The third-order valence-corrected chi connectivity index (χ3v) is 6.76. The van der Waals surface area contributed by atoms with Gasteiger partial charge in [-0.15, -0.1) is 0 Å². The molecule has 1 saturated heterocycles. The number of amides is 1. The molecule has 1 aliphatic heterocycles. The first-order valence-corrected chi connectivity index (χ1v) is 11.9. The number of fused-ring (bicyclic) bond motifs is 1. The Balaban J connectivity index is 1.61. The third-order valence-electron chi connectivity index (χ3n) is 6.76. The fraction of sp³-hybridized carbons (Fsp3) is 0.276. The third kappa shape index (κ3) is 4.44. The Labute approximate surface area is 200 Å². The molecule has 0 bridgehead atoms. The van der Waals surface area contributed by atoms with Gasteiger partial charge in [-0.3, -0.25) is 9.69 Å². The molecule has 174 valence electrons. The lowest BCUT2D eigenvalue weighted by Crippen LogP contribution is -2.37. The lowest BCUT2D eigenvalue weighted by Gasteiger charge is -2.36. The summed E-state index contributed by atoms with van der Waals surface area (Å²) < 4.78 is 11.9. The molecule has 1 aromatic heterocycles. The number of piperidine rings is 1. The van der Waals surface area contributed by atoms with Crippen LogP contribution < -0.4 is 10.1 Å². The summed E-state index contributed by atoms with van der Waals surface area (Å²) in [6.07, 6.45) is 2.27. The predicted octanol–water partition coefficient (Wildman–Crippen LogP) is 6.52. The summed E-state index contributed by atoms with van der Waals surface area (Å²) in [5.74, 6) is 2.15. The first kappa shape index (κ1) is 22.2. The van der Waals surface area contributed by atoms with E-state index in [2.05, 4.69) is 29.3 Å². The fourth-order valence-corrected chi connectivity index (χ4v) is 4.76. The van der Waals surface area contributed by atoms with Crippen molar-refractivity contribution < 1.29 is 13.9 Å². The van der Waals surface area contributed by atoms with Gasteiger partial charge in [0.05, 0.1) is 18.8 Å². The largest absolute Gasteiger partial charge is 0.497 e. The maximum absolute atomic E-state index is 13.2. The second-order valence-electron chi connectivity index (χ2n) is 9.05. The van der Waals surface area contributed by atoms with Crippen LogP contribution in [0.15, 0.2) is 83.3 Å². The maximum Gasteiger partial charge on any atom is 0.255 e. The van der Waals surface area contributed by atoms with Crippen LogP contribution in [-0.2, 0) is 0 Å². The number of nitrogens with one attached hydrogen (secondary N) is 1. The number of nitrogens with zero attached hydrogens (tertiary/aromatic N) is 1. The molecule has 0 spiro atoms. The van der Waals surface area contributed by atoms with Crippen LogP contribution in [0.2, 0.25) is 0 Å². The zero-order valence-corrected chi connectivity index (χ0v) is 19.7. The van der Waals surface area contributed by atoms with E-state index in [1.807, 2.05) is 66.7 Å². The number of rotatable bonds is 6. The minimum atomic E-state index is -0.144. The quantitative estimate of drug-likeness (QED) is 0.361. The monoisotopic (exact) mass is 454 g/mol. The maximum atomic E-state index is 13.2. The van der Waals surface area contributed by atoms with E-state index in [1.165, 1.54) is 0 Å². The number of benzene rings is 3. The van der Waals surface area contributed by atoms with Crippen LogP contribution in [0.5, 0.6) is 5.75 Å². The molecular formula is C29H30N2O3. The molecule has 0 aliphatic carbocycles. The number of furan rings is 1. The van der Waals surface area contributed by atoms with Crippen molar-refractivity contribution in [3.8, 4) is 5.75 Å². The Hall–Kier alpha value is -3.57. The molecule has 5 heteroatoms. The van der Waals surface area contributed by atoms with Crippen molar-refractivity contribution in [1.29, 1.82) is 0 Å². The second-order valence-corrected chi connectivity index (χ2v) is 9.05. The fourth-order valence-electron chi connectivity index (χ4n) is 4.76. The number of para-hydroxylation sites is 1. The molecule has 1 amide bonds. The summed E-state index contributed by atoms with van der Waals surface area (Å²) in [7, 11) is 1.68. The van der Waals surface area contributed by atoms with Crippen LogP contribution in [-0.4, -0.2) is 31.0 Å². The van der Waals surface area contributed by atoms with Crippen LogP contribution in [0, 0.1) is 5.92 Å². The van der Waals surface area contributed by atoms with Crippen LogP contribution >= 0.6 is 0 Å². The number of carbonyl (C=O) groups is 1. The van der Waals surface area contributed by atoms with Gasteiger partial charge in [-0.2, -0.15) is 0 Å². The minimum absolute atomic E-state index is 0.114. The lowest BCUT2D eigenvalue weighted by atomic mass is 9.94. The Morgan fingerprint density at radius 1 is 0.971 bits per heavy atom. The van der Waals surface area contributed by atoms with E-state index in [1.54, 1.807) is 7.11 Å². The van der Waals surface area contributed by atoms with Gasteiger partial charge in [0.1, 0.15) is 17.1 Å². The van der Waals surface area contributed by atoms with Crippen molar-refractivity contribution in [2.45, 2.75) is 25.8 Å². The zero-order chi connectivity index (χ0) is 23.5. The topological polar surface area (TPSA) is 54.7 Å². The van der Waals surface area contributed by atoms with Crippen LogP contribution in [0.3, 0.4) is 0 Å². The van der Waals surface area contributed by atoms with Crippen molar-refractivity contribution in [1.82, 2.24) is 4.90 Å². The van der Waals surface area contributed by atoms with Crippen molar-refractivity contribution in [3.05, 3.63) is 95.7 Å². The molecule has 1 unspecified atom stereocenters. The molecule has 0 saturated carbocycles. The number of carbonyl (C=O) groups excluding carboxylic acids is 1. The SMILES string of the molecule is COc1ccc(C(c2oc3ccccc3c2NC(=O)c2ccccc2)N2CCC(C)CC2)cc1. The Morgan fingerprint density at radius 2 is 1.65 bits per heavy atom. The van der Waals surface area contributed by atoms with Crippen molar-refractivity contribution >= 4 is 22.6 Å². The number of anilines is 1. The average Bonchev–Trinajstić information content (AvgIpc) is 3.24. The van der Waals surface area contributed by atoms with E-state index < -0.39 is 0 Å². The van der Waals surface area contributed by atoms with Gasteiger partial charge in [0.25, 0.3) is 5.91 Å². The Morgan fingerprint density at radius 3 is 2.35 bits per heavy atom. The lowest BCUT2D eigenvalue weighted by molar-refractivity contribution is 0.102. The van der Waals surface area contributed by atoms with E-state index in [4.69, 9.17) is 9.15 Å². The summed E-state index contributed by atoms with van der Waals surface area (Å²) in [6.45, 7) is 4.26. The highest BCUT2D eigenvalue weighted by atomic mass is 16.5. The molecule has 5 rings (SSSR count). The molecule has 5 nitrogen and oxygen atoms in total. The summed E-state index contributed by atoms with van der Waals surface area (Å²) in [5, 5.41) is 4.09. The molecule has 34 heavy (non-hydrogen) atoms. The standard InChI is InChI=1S/C29H30N2O3/c1-20-16-18-31(19-17-20)27(21-12-14-23(33-2)15-13-21)28-26(24-10-6-7-11-25(24)34-28)30-29(32)22-8-4-3-5-9-22/h3-15,20,27H,16-19H2,1-2H3,(H,30,32). The van der Waals surface area contributed by atoms with E-state index in [0.29, 0.717) is 11.5 Å². The molecule has 1 N–H and O–H groups in total. The summed E-state index contributed by atoms with van der Waals surface area (Å²) in [4.78, 5) is 15.7. The highest BCUT2D eigenvalue weighted by Gasteiger charge is 2.32. The smallest absolute Gasteiger partial charge is 0.255 e. The van der Waals surface area contributed by atoms with Crippen molar-refractivity contribution in [3.63, 3.8) is 0 Å². The summed E-state index contributed by atoms with van der Waals surface area (Å²) in [6, 6.07) is 25.3. The molecule has 4 aromatic rings. The number of likely N-dealkylation sites (tertiary alicyclic amines) is 1. The summed E-state index contributed by atoms with van der Waals surface area (Å²) in [5.41, 5.74) is 3.24. The van der Waals surface area contributed by atoms with Crippen molar-refractivity contribution in [2.75, 3.05) is 25.5 Å². The van der Waals surface area contributed by atoms with Gasteiger partial charge >= 0.3 is 0 Å². The van der Waals surface area contributed by atoms with Gasteiger partial charge in [-0.05, 0) is 73.8 Å². The van der Waals surface area contributed by atoms with Gasteiger partial charge in [-0.25, -0.2) is 0 Å². The van der Waals surface area contributed by atoms with Crippen molar-refractivity contribution in [2.24, 2.45) is 5.92 Å². The van der Waals surface area contributed by atoms with E-state index in [0.717, 1.165) is 59.7 Å². The zero-order valence-electron chi connectivity index (χ0n) is 19.7. The highest BCUT2D eigenvalue weighted by Crippen LogP contribution is 2.42. The molecule has 1 atom stereocenters. The molecule has 2 heterocycles. The van der Waals surface area contributed by atoms with E-state index in [9.17, 15) is 4.79 Å². The highest BCUT2D eigenvalue weighted by molar-refractivity contribution is 6.09. The average molecular weight is 455 g/mol. The Kier molecular flexibility index (Phi) is 6.37. The molecular weight excluding hydrogens is 424 g/mol. The van der Waals surface area contributed by atoms with E-state index >= 15 is 0 Å². The van der Waals surface area contributed by atoms with Crippen LogP contribution in [0.4, 0.5) is 5.69 Å². The first-order valence-electron chi connectivity index (χ1n) is 11.9. The number of hydrogen-bond donors (Lipinski definition) is 1. The number of ether oxygens (including phenoxy) is 1. The summed E-state index contributed by atoms with van der Waals surface area (Å²) >= 11 is 0. The van der Waals surface area contributed by atoms with Crippen LogP contribution in [0.25, 0.3) is 11.0 Å². The molecule has 3 aromatic carbocycles. The molecule has 1 aliphatic rings. The molecule has 1 fully saturated rings. The van der Waals surface area contributed by atoms with Crippen LogP contribution in [0.1, 0.15) is 47.5 Å². The van der Waals surface area contributed by atoms with Gasteiger partial charge in [0, 0.05) is 10.9 Å². The van der Waals surface area contributed by atoms with Gasteiger partial charge < -0.3 is 14.5 Å². The van der Waals surface area contributed by atoms with Gasteiger partial charge in [0.2, 0.25) is 0 Å². The number of hydrogen-bond acceptors (Lipinski definition) is 4. The minimum Gasteiger partial charge on any atom is -0.497 e. The van der Waals surface area contributed by atoms with Gasteiger partial charge in [-0.1, -0.05) is 49.4 Å². The number of methoxy groups -OCH3 is 1. The first-order chi connectivity index (χ1) is 16.6. The Bertz CT molecular complexity index is 1260. The predicted molar refractivity (Wildman–Crippen MR) is 135 cm³/mol. The van der Waals surface area contributed by atoms with E-state index in [-0.39, 0.29) is 11.9 Å².